The van der Waals surface area contributed by atoms with Gasteiger partial charge in [-0.1, -0.05) is 51.8 Å². The molecule has 0 aromatic heterocycles. The summed E-state index contributed by atoms with van der Waals surface area (Å²) >= 11 is 0. The minimum absolute atomic E-state index is 0.0445. The summed E-state index contributed by atoms with van der Waals surface area (Å²) in [6, 6.07) is 0. The molecule has 0 spiro atoms. The van der Waals surface area contributed by atoms with Gasteiger partial charge in [-0.25, -0.2) is 0 Å². The van der Waals surface area contributed by atoms with Crippen LogP contribution < -0.4 is 0 Å². The second-order valence-corrected chi connectivity index (χ2v) is 8.24. The van der Waals surface area contributed by atoms with E-state index in [0.29, 0.717) is 17.9 Å². The Labute approximate surface area is 137 Å². The molecule has 122 valence electrons. The van der Waals surface area contributed by atoms with Gasteiger partial charge < -0.3 is 9.84 Å². The first kappa shape index (κ1) is 14.8. The fourth-order valence-electron chi connectivity index (χ4n) is 5.08. The largest absolute Gasteiger partial charge is 0.504 e. The lowest BCUT2D eigenvalue weighted by Gasteiger charge is -2.50. The smallest absolute Gasteiger partial charge is 0.227 e. The van der Waals surface area contributed by atoms with E-state index in [1.54, 1.807) is 0 Å². The van der Waals surface area contributed by atoms with Crippen LogP contribution >= 0.6 is 0 Å². The SMILES string of the molecule is C[C@H]1COC2=C1C(=O)C(O)=C1C2=CC=C2C(C)(C)CCC[C@@]21C. The Morgan fingerprint density at radius 3 is 2.70 bits per heavy atom. The van der Waals surface area contributed by atoms with Gasteiger partial charge in [-0.05, 0) is 18.3 Å². The van der Waals surface area contributed by atoms with Gasteiger partial charge in [-0.15, -0.1) is 0 Å². The summed E-state index contributed by atoms with van der Waals surface area (Å²) in [5.41, 5.74) is 3.49. The standard InChI is InChI=1S/C20H24O3/c1-11-10-23-18-12-6-7-13-19(2,3)8-5-9-20(13,4)15(12)17(22)16(21)14(11)18/h6-7,11,22H,5,8-10H2,1-4H3/t11-,20-/m0/s1. The van der Waals surface area contributed by atoms with Gasteiger partial charge in [-0.3, -0.25) is 4.79 Å². The van der Waals surface area contributed by atoms with Gasteiger partial charge in [0.1, 0.15) is 5.76 Å². The molecule has 23 heavy (non-hydrogen) atoms. The van der Waals surface area contributed by atoms with Crippen LogP contribution in [0.15, 0.2) is 46.0 Å². The van der Waals surface area contributed by atoms with Crippen molar-refractivity contribution in [2.45, 2.75) is 47.0 Å². The molecule has 0 unspecified atom stereocenters. The molecule has 2 atom stereocenters. The third-order valence-corrected chi connectivity index (χ3v) is 6.20. The highest BCUT2D eigenvalue weighted by Gasteiger charge is 2.51. The van der Waals surface area contributed by atoms with E-state index < -0.39 is 0 Å². The first-order valence-corrected chi connectivity index (χ1v) is 8.56. The summed E-state index contributed by atoms with van der Waals surface area (Å²) in [6.07, 6.45) is 7.46. The van der Waals surface area contributed by atoms with Crippen LogP contribution in [0.4, 0.5) is 0 Å². The third kappa shape index (κ3) is 1.74. The average molecular weight is 312 g/mol. The van der Waals surface area contributed by atoms with Crippen molar-refractivity contribution < 1.29 is 14.6 Å². The highest BCUT2D eigenvalue weighted by molar-refractivity contribution is 6.11. The zero-order chi connectivity index (χ0) is 16.6. The lowest BCUT2D eigenvalue weighted by atomic mass is 9.54. The fraction of sp³-hybridized carbons (Fsp3) is 0.550. The number of hydrogen-bond donors (Lipinski definition) is 1. The normalized spacial score (nSPS) is 35.1. The van der Waals surface area contributed by atoms with Crippen LogP contribution in [0.5, 0.6) is 0 Å². The van der Waals surface area contributed by atoms with E-state index in [-0.39, 0.29) is 28.3 Å². The molecular weight excluding hydrogens is 288 g/mol. The lowest BCUT2D eigenvalue weighted by Crippen LogP contribution is -2.40. The molecule has 0 bridgehead atoms. The molecule has 1 heterocycles. The highest BCUT2D eigenvalue weighted by atomic mass is 16.5. The molecule has 0 aromatic carbocycles. The van der Waals surface area contributed by atoms with Crippen molar-refractivity contribution in [1.82, 2.24) is 0 Å². The number of allylic oxidation sites excluding steroid dienone is 5. The van der Waals surface area contributed by atoms with Gasteiger partial charge in [0.2, 0.25) is 5.78 Å². The van der Waals surface area contributed by atoms with Crippen molar-refractivity contribution in [1.29, 1.82) is 0 Å². The monoisotopic (exact) mass is 312 g/mol. The summed E-state index contributed by atoms with van der Waals surface area (Å²) in [5.74, 6) is 0.458. The second-order valence-electron chi connectivity index (χ2n) is 8.24. The van der Waals surface area contributed by atoms with Gasteiger partial charge in [-0.2, -0.15) is 0 Å². The number of aliphatic hydroxyl groups excluding tert-OH is 1. The molecule has 4 rings (SSSR count). The number of carbonyl (C=O) groups is 1. The van der Waals surface area contributed by atoms with Crippen LogP contribution in [0.2, 0.25) is 0 Å². The Morgan fingerprint density at radius 2 is 1.96 bits per heavy atom. The molecular formula is C20H24O3. The van der Waals surface area contributed by atoms with E-state index >= 15 is 0 Å². The molecule has 3 aliphatic carbocycles. The first-order valence-electron chi connectivity index (χ1n) is 8.56. The molecule has 3 nitrogen and oxygen atoms in total. The average Bonchev–Trinajstić information content (AvgIpc) is 2.85. The second kappa shape index (κ2) is 4.40. The van der Waals surface area contributed by atoms with E-state index in [9.17, 15) is 9.90 Å². The Balaban J connectivity index is 1.97. The van der Waals surface area contributed by atoms with Crippen LogP contribution in [-0.4, -0.2) is 17.5 Å². The van der Waals surface area contributed by atoms with E-state index in [1.807, 2.05) is 6.92 Å². The van der Waals surface area contributed by atoms with Crippen LogP contribution in [0.3, 0.4) is 0 Å². The predicted octanol–water partition coefficient (Wildman–Crippen LogP) is 4.38. The van der Waals surface area contributed by atoms with E-state index in [4.69, 9.17) is 4.74 Å². The molecule has 0 saturated heterocycles. The maximum absolute atomic E-state index is 12.8. The minimum atomic E-state index is -0.278. The van der Waals surface area contributed by atoms with Gasteiger partial charge in [0.05, 0.1) is 12.2 Å². The molecule has 1 N–H and O–H groups in total. The Bertz CT molecular complexity index is 745. The maximum Gasteiger partial charge on any atom is 0.227 e. The van der Waals surface area contributed by atoms with Gasteiger partial charge in [0, 0.05) is 22.5 Å². The molecule has 4 aliphatic rings. The van der Waals surface area contributed by atoms with E-state index in [0.717, 1.165) is 30.4 Å². The third-order valence-electron chi connectivity index (χ3n) is 6.20. The zero-order valence-electron chi connectivity index (χ0n) is 14.3. The van der Waals surface area contributed by atoms with Crippen molar-refractivity contribution in [2.24, 2.45) is 16.7 Å². The van der Waals surface area contributed by atoms with Crippen molar-refractivity contribution in [3.8, 4) is 0 Å². The topological polar surface area (TPSA) is 46.5 Å². The molecule has 1 aliphatic heterocycles. The molecule has 0 radical (unpaired) electrons. The molecule has 3 heteroatoms. The quantitative estimate of drug-likeness (QED) is 0.722. The number of hydrogen-bond acceptors (Lipinski definition) is 3. The Kier molecular flexibility index (Phi) is 2.83. The summed E-state index contributed by atoms with van der Waals surface area (Å²) in [7, 11) is 0. The Morgan fingerprint density at radius 1 is 1.22 bits per heavy atom. The maximum atomic E-state index is 12.8. The summed E-state index contributed by atoms with van der Waals surface area (Å²) in [5, 5.41) is 10.8. The van der Waals surface area contributed by atoms with Gasteiger partial charge in [0.15, 0.2) is 5.76 Å². The van der Waals surface area contributed by atoms with Crippen LogP contribution in [0, 0.1) is 16.7 Å². The number of ether oxygens (including phenoxy) is 1. The molecule has 1 fully saturated rings. The summed E-state index contributed by atoms with van der Waals surface area (Å²) < 4.78 is 5.85. The fourth-order valence-corrected chi connectivity index (χ4v) is 5.08. The van der Waals surface area contributed by atoms with Crippen LogP contribution in [-0.2, 0) is 9.53 Å². The number of aliphatic hydroxyl groups is 1. The summed E-state index contributed by atoms with van der Waals surface area (Å²) in [6.45, 7) is 9.20. The lowest BCUT2D eigenvalue weighted by molar-refractivity contribution is -0.115. The molecule has 0 amide bonds. The number of ketones is 1. The zero-order valence-corrected chi connectivity index (χ0v) is 14.3. The van der Waals surface area contributed by atoms with Crippen molar-refractivity contribution in [3.63, 3.8) is 0 Å². The number of carbonyl (C=O) groups excluding carboxylic acids is 1. The first-order chi connectivity index (χ1) is 10.8. The van der Waals surface area contributed by atoms with Crippen molar-refractivity contribution in [3.05, 3.63) is 46.0 Å². The summed E-state index contributed by atoms with van der Waals surface area (Å²) in [4.78, 5) is 12.8. The molecule has 1 saturated carbocycles. The van der Waals surface area contributed by atoms with Gasteiger partial charge in [0.25, 0.3) is 0 Å². The van der Waals surface area contributed by atoms with Crippen molar-refractivity contribution in [2.75, 3.05) is 6.61 Å². The van der Waals surface area contributed by atoms with Gasteiger partial charge >= 0.3 is 0 Å². The van der Waals surface area contributed by atoms with Crippen molar-refractivity contribution >= 4 is 5.78 Å². The van der Waals surface area contributed by atoms with Crippen LogP contribution in [0.1, 0.15) is 47.0 Å². The molecule has 0 aromatic rings. The predicted molar refractivity (Wildman–Crippen MR) is 88.7 cm³/mol. The highest BCUT2D eigenvalue weighted by Crippen LogP contribution is 2.60. The number of Topliss-reactive ketones (excluding diaryl/α,β-unsaturated/α-hetero) is 1. The number of fused-ring (bicyclic) bond motifs is 4. The van der Waals surface area contributed by atoms with Crippen LogP contribution in [0.25, 0.3) is 0 Å². The minimum Gasteiger partial charge on any atom is -0.504 e. The Hall–Kier alpha value is -1.77. The van der Waals surface area contributed by atoms with E-state index in [2.05, 4.69) is 32.9 Å². The number of rotatable bonds is 0. The van der Waals surface area contributed by atoms with E-state index in [1.165, 1.54) is 5.57 Å².